The predicted molar refractivity (Wildman–Crippen MR) is 53.8 cm³/mol. The Labute approximate surface area is 91.4 Å². The highest BCUT2D eigenvalue weighted by Gasteiger charge is 2.18. The van der Waals surface area contributed by atoms with Crippen LogP contribution in [0.1, 0.15) is 28.4 Å². The monoisotopic (exact) mass is 228 g/mol. The largest absolute Gasteiger partial charge is 0.478 e. The van der Waals surface area contributed by atoms with Gasteiger partial charge in [-0.05, 0) is 6.07 Å². The number of benzene rings is 1. The Hall–Kier alpha value is -1.55. The van der Waals surface area contributed by atoms with Crippen molar-refractivity contribution in [1.82, 2.24) is 0 Å². The summed E-state index contributed by atoms with van der Waals surface area (Å²) in [6.45, 7) is 1.21. The van der Waals surface area contributed by atoms with Crippen LogP contribution in [0.5, 0.6) is 0 Å². The third-order valence-corrected chi connectivity index (χ3v) is 2.03. The maximum Gasteiger partial charge on any atom is 0.336 e. The number of hydrogen-bond donors (Lipinski definition) is 1. The fraction of sp³-hybridized carbons (Fsp3) is 0.200. The molecule has 0 heterocycles. The van der Waals surface area contributed by atoms with E-state index in [-0.39, 0.29) is 11.1 Å². The topological polar surface area (TPSA) is 63.6 Å². The molecule has 0 bridgehead atoms. The number of hydrogen-bond acceptors (Lipinski definition) is 3. The third kappa shape index (κ3) is 2.95. The summed E-state index contributed by atoms with van der Waals surface area (Å²) in [5.74, 6) is -1.67. The number of carbonyl (C=O) groups excluding carboxylic acids is 1. The number of carboxylic acids is 1. The molecule has 0 aromatic heterocycles. The molecule has 1 N–H and O–H groups in total. The van der Waals surface area contributed by atoms with Gasteiger partial charge in [-0.2, -0.15) is 0 Å². The summed E-state index contributed by atoms with van der Waals surface area (Å²) in [5, 5.41) is 8.85. The molecule has 1 atom stereocenters. The summed E-state index contributed by atoms with van der Waals surface area (Å²) < 4.78 is 4.69. The first-order chi connectivity index (χ1) is 7.02. The van der Waals surface area contributed by atoms with E-state index < -0.39 is 17.5 Å². The van der Waals surface area contributed by atoms with E-state index in [0.29, 0.717) is 0 Å². The molecule has 4 nitrogen and oxygen atoms in total. The lowest BCUT2D eigenvalue weighted by molar-refractivity contribution is -0.143. The molecule has 80 valence electrons. The molecule has 0 saturated heterocycles. The van der Waals surface area contributed by atoms with E-state index in [2.05, 4.69) is 0 Å². The van der Waals surface area contributed by atoms with E-state index in [9.17, 15) is 9.59 Å². The molecule has 0 amide bonds. The second-order valence-electron chi connectivity index (χ2n) is 2.82. The Bertz CT molecular complexity index is 389. The van der Waals surface area contributed by atoms with Crippen LogP contribution in [-0.4, -0.2) is 17.0 Å². The SMILES string of the molecule is CC(=O)OC(Cl)c1ccccc1C(=O)O. The summed E-state index contributed by atoms with van der Waals surface area (Å²) in [6.07, 6.45) is 0. The number of ether oxygens (including phenoxy) is 1. The van der Waals surface area contributed by atoms with E-state index in [0.717, 1.165) is 0 Å². The van der Waals surface area contributed by atoms with Gasteiger partial charge in [0.25, 0.3) is 0 Å². The number of alkyl halides is 1. The minimum absolute atomic E-state index is 0.0266. The molecule has 1 aromatic carbocycles. The van der Waals surface area contributed by atoms with Crippen molar-refractivity contribution in [3.8, 4) is 0 Å². The summed E-state index contributed by atoms with van der Waals surface area (Å²) in [7, 11) is 0. The van der Waals surface area contributed by atoms with Crippen LogP contribution < -0.4 is 0 Å². The number of carbonyl (C=O) groups is 2. The number of carboxylic acid groups (broad SMARTS) is 1. The van der Waals surface area contributed by atoms with Crippen molar-refractivity contribution < 1.29 is 19.4 Å². The quantitative estimate of drug-likeness (QED) is 0.636. The number of halogens is 1. The van der Waals surface area contributed by atoms with Crippen LogP contribution >= 0.6 is 11.6 Å². The standard InChI is InChI=1S/C10H9ClO4/c1-6(12)15-9(11)7-4-2-3-5-8(7)10(13)14/h2-5,9H,1H3,(H,13,14). The van der Waals surface area contributed by atoms with Gasteiger partial charge in [0.05, 0.1) is 5.56 Å². The summed E-state index contributed by atoms with van der Waals surface area (Å²) >= 11 is 5.74. The maximum atomic E-state index is 10.8. The highest BCUT2D eigenvalue weighted by molar-refractivity contribution is 6.21. The highest BCUT2D eigenvalue weighted by atomic mass is 35.5. The molecule has 0 spiro atoms. The molecular formula is C10H9ClO4. The molecule has 0 radical (unpaired) electrons. The minimum Gasteiger partial charge on any atom is -0.478 e. The van der Waals surface area contributed by atoms with E-state index in [1.165, 1.54) is 19.1 Å². The Morgan fingerprint density at radius 2 is 2.00 bits per heavy atom. The van der Waals surface area contributed by atoms with Crippen molar-refractivity contribution in [2.45, 2.75) is 12.5 Å². The number of esters is 1. The molecule has 0 saturated carbocycles. The van der Waals surface area contributed by atoms with Gasteiger partial charge < -0.3 is 9.84 Å². The van der Waals surface area contributed by atoms with Crippen LogP contribution in [0.15, 0.2) is 24.3 Å². The van der Waals surface area contributed by atoms with Gasteiger partial charge in [-0.25, -0.2) is 4.79 Å². The van der Waals surface area contributed by atoms with Gasteiger partial charge in [-0.15, -0.1) is 0 Å². The van der Waals surface area contributed by atoms with Gasteiger partial charge in [0.2, 0.25) is 5.56 Å². The van der Waals surface area contributed by atoms with Crippen LogP contribution in [0.2, 0.25) is 0 Å². The number of rotatable bonds is 3. The zero-order valence-corrected chi connectivity index (χ0v) is 8.69. The van der Waals surface area contributed by atoms with Crippen molar-refractivity contribution in [1.29, 1.82) is 0 Å². The van der Waals surface area contributed by atoms with Crippen molar-refractivity contribution in [2.24, 2.45) is 0 Å². The van der Waals surface area contributed by atoms with Crippen LogP contribution in [-0.2, 0) is 9.53 Å². The fourth-order valence-electron chi connectivity index (χ4n) is 1.10. The normalized spacial score (nSPS) is 11.9. The smallest absolute Gasteiger partial charge is 0.336 e. The lowest BCUT2D eigenvalue weighted by atomic mass is 10.1. The van der Waals surface area contributed by atoms with Crippen LogP contribution in [0.4, 0.5) is 0 Å². The molecule has 5 heteroatoms. The van der Waals surface area contributed by atoms with Crippen molar-refractivity contribution in [3.63, 3.8) is 0 Å². The average molecular weight is 229 g/mol. The minimum atomic E-state index is -1.11. The molecule has 1 aromatic rings. The second kappa shape index (κ2) is 4.79. The summed E-state index contributed by atoms with van der Waals surface area (Å²) in [4.78, 5) is 21.5. The van der Waals surface area contributed by atoms with Crippen LogP contribution in [0, 0.1) is 0 Å². The molecule has 0 aliphatic carbocycles. The number of aromatic carboxylic acids is 1. The Morgan fingerprint density at radius 1 is 1.40 bits per heavy atom. The molecular weight excluding hydrogens is 220 g/mol. The highest BCUT2D eigenvalue weighted by Crippen LogP contribution is 2.25. The third-order valence-electron chi connectivity index (χ3n) is 1.71. The second-order valence-corrected chi connectivity index (χ2v) is 3.21. The molecule has 0 fully saturated rings. The van der Waals surface area contributed by atoms with Gasteiger partial charge in [-0.1, -0.05) is 29.8 Å². The predicted octanol–water partition coefficient (Wildman–Crippen LogP) is 2.19. The zero-order chi connectivity index (χ0) is 11.4. The van der Waals surface area contributed by atoms with Gasteiger partial charge in [0, 0.05) is 12.5 Å². The lowest BCUT2D eigenvalue weighted by Gasteiger charge is -2.12. The van der Waals surface area contributed by atoms with Crippen molar-refractivity contribution >= 4 is 23.5 Å². The van der Waals surface area contributed by atoms with Gasteiger partial charge >= 0.3 is 11.9 Å². The zero-order valence-electron chi connectivity index (χ0n) is 7.94. The van der Waals surface area contributed by atoms with E-state index in [1.54, 1.807) is 12.1 Å². The first-order valence-corrected chi connectivity index (χ1v) is 4.59. The first-order valence-electron chi connectivity index (χ1n) is 4.16. The van der Waals surface area contributed by atoms with Crippen LogP contribution in [0.3, 0.4) is 0 Å². The van der Waals surface area contributed by atoms with E-state index in [1.807, 2.05) is 0 Å². The van der Waals surface area contributed by atoms with E-state index >= 15 is 0 Å². The van der Waals surface area contributed by atoms with Crippen molar-refractivity contribution in [3.05, 3.63) is 35.4 Å². The van der Waals surface area contributed by atoms with Gasteiger partial charge in [0.1, 0.15) is 0 Å². The van der Waals surface area contributed by atoms with Gasteiger partial charge in [0.15, 0.2) is 0 Å². The fourth-order valence-corrected chi connectivity index (χ4v) is 1.41. The van der Waals surface area contributed by atoms with E-state index in [4.69, 9.17) is 21.4 Å². The molecule has 15 heavy (non-hydrogen) atoms. The molecule has 0 aliphatic rings. The Kier molecular flexibility index (Phi) is 3.68. The van der Waals surface area contributed by atoms with Crippen molar-refractivity contribution in [2.75, 3.05) is 0 Å². The van der Waals surface area contributed by atoms with Gasteiger partial charge in [-0.3, -0.25) is 4.79 Å². The summed E-state index contributed by atoms with van der Waals surface area (Å²) in [5.41, 5.74) is -0.782. The lowest BCUT2D eigenvalue weighted by Crippen LogP contribution is -2.08. The molecule has 1 unspecified atom stereocenters. The first kappa shape index (κ1) is 11.5. The molecule has 0 aliphatic heterocycles. The Balaban J connectivity index is 3.02. The Morgan fingerprint density at radius 3 is 2.53 bits per heavy atom. The summed E-state index contributed by atoms with van der Waals surface area (Å²) in [6, 6.07) is 6.10. The average Bonchev–Trinajstić information content (AvgIpc) is 2.16. The molecule has 1 rings (SSSR count). The maximum absolute atomic E-state index is 10.8. The van der Waals surface area contributed by atoms with Crippen LogP contribution in [0.25, 0.3) is 0 Å².